The number of hydrogen-bond acceptors (Lipinski definition) is 6. The Morgan fingerprint density at radius 3 is 1.90 bits per heavy atom. The molecule has 182 valence electrons. The normalized spacial score (nSPS) is 13.2. The second-order valence-corrected chi connectivity index (χ2v) is 10.2. The highest BCUT2D eigenvalue weighted by molar-refractivity contribution is 5.89. The van der Waals surface area contributed by atoms with Crippen LogP contribution in [0.25, 0.3) is 0 Å². The molecule has 0 saturated carbocycles. The van der Waals surface area contributed by atoms with Crippen molar-refractivity contribution in [2.24, 2.45) is 21.4 Å². The van der Waals surface area contributed by atoms with Gasteiger partial charge >= 0.3 is 0 Å². The molecule has 0 aromatic heterocycles. The van der Waals surface area contributed by atoms with Crippen LogP contribution < -0.4 is 0 Å². The van der Waals surface area contributed by atoms with Crippen LogP contribution in [0.3, 0.4) is 0 Å². The molecule has 0 aliphatic heterocycles. The van der Waals surface area contributed by atoms with E-state index in [2.05, 4.69) is 25.9 Å². The molecule has 0 aromatic rings. The lowest BCUT2D eigenvalue weighted by atomic mass is 9.82. The Kier molecular flexibility index (Phi) is 11.7. The Labute approximate surface area is 189 Å². The molecule has 0 heterocycles. The van der Waals surface area contributed by atoms with Crippen LogP contribution in [0.2, 0.25) is 0 Å². The van der Waals surface area contributed by atoms with E-state index in [4.69, 9.17) is 14.5 Å². The van der Waals surface area contributed by atoms with Crippen molar-refractivity contribution in [2.45, 2.75) is 81.1 Å². The van der Waals surface area contributed by atoms with Crippen molar-refractivity contribution in [3.63, 3.8) is 0 Å². The van der Waals surface area contributed by atoms with Gasteiger partial charge in [0, 0.05) is 29.8 Å². The molecule has 2 amide bonds. The van der Waals surface area contributed by atoms with Crippen LogP contribution in [0.5, 0.6) is 0 Å². The maximum atomic E-state index is 13.1. The quantitative estimate of drug-likeness (QED) is 0.310. The van der Waals surface area contributed by atoms with Gasteiger partial charge in [-0.05, 0) is 32.6 Å². The van der Waals surface area contributed by atoms with Crippen LogP contribution in [0, 0.1) is 16.2 Å². The van der Waals surface area contributed by atoms with Gasteiger partial charge in [-0.15, -0.1) is 0 Å². The molecule has 31 heavy (non-hydrogen) atoms. The number of hydroxylamine groups is 4. The molecule has 0 spiro atoms. The molecule has 0 saturated heterocycles. The third kappa shape index (κ3) is 9.56. The van der Waals surface area contributed by atoms with E-state index >= 15 is 0 Å². The van der Waals surface area contributed by atoms with Crippen molar-refractivity contribution >= 4 is 17.5 Å². The van der Waals surface area contributed by atoms with Crippen LogP contribution >= 0.6 is 0 Å². The molecule has 0 aliphatic rings. The first-order chi connectivity index (χ1) is 14.1. The van der Waals surface area contributed by atoms with E-state index in [0.29, 0.717) is 19.4 Å². The van der Waals surface area contributed by atoms with Gasteiger partial charge in [-0.1, -0.05) is 53.6 Å². The lowest BCUT2D eigenvalue weighted by molar-refractivity contribution is -0.200. The number of carbonyl (C=O) groups is 2. The summed E-state index contributed by atoms with van der Waals surface area (Å²) in [6.45, 7) is 16.4. The van der Waals surface area contributed by atoms with E-state index in [1.165, 1.54) is 17.2 Å². The fraction of sp³-hybridized carbons (Fsp3) is 0.870. The summed E-state index contributed by atoms with van der Waals surface area (Å²) < 4.78 is 0. The zero-order chi connectivity index (χ0) is 24.5. The first-order valence-electron chi connectivity index (χ1n) is 11.0. The summed E-state index contributed by atoms with van der Waals surface area (Å²) in [5, 5.41) is 6.79. The molecule has 0 radical (unpaired) electrons. The summed E-state index contributed by atoms with van der Waals surface area (Å²) >= 11 is 0. The zero-order valence-electron chi connectivity index (χ0n) is 21.6. The van der Waals surface area contributed by atoms with Crippen molar-refractivity contribution in [3.05, 3.63) is 0 Å². The molecular formula is C23H45N3O5. The molecule has 0 fully saturated rings. The minimum Gasteiger partial charge on any atom is -0.399 e. The van der Waals surface area contributed by atoms with Gasteiger partial charge in [0.2, 0.25) is 0 Å². The monoisotopic (exact) mass is 443 g/mol. The van der Waals surface area contributed by atoms with E-state index in [1.54, 1.807) is 14.2 Å². The second-order valence-electron chi connectivity index (χ2n) is 10.2. The van der Waals surface area contributed by atoms with Gasteiger partial charge in [0.05, 0.1) is 19.4 Å². The molecule has 0 atom stereocenters. The first kappa shape index (κ1) is 29.3. The smallest absolute Gasteiger partial charge is 0.251 e. The van der Waals surface area contributed by atoms with E-state index in [1.807, 2.05) is 34.6 Å². The van der Waals surface area contributed by atoms with E-state index < -0.39 is 10.8 Å². The van der Waals surface area contributed by atoms with Crippen LogP contribution in [0.1, 0.15) is 81.1 Å². The third-order valence-electron chi connectivity index (χ3n) is 5.49. The number of amides is 2. The summed E-state index contributed by atoms with van der Waals surface area (Å²) in [6.07, 6.45) is 2.75. The van der Waals surface area contributed by atoms with Crippen molar-refractivity contribution in [1.82, 2.24) is 10.1 Å². The van der Waals surface area contributed by atoms with Crippen molar-refractivity contribution in [1.29, 1.82) is 0 Å². The predicted octanol–water partition coefficient (Wildman–Crippen LogP) is 4.45. The number of oxime groups is 1. The minimum atomic E-state index is -0.660. The van der Waals surface area contributed by atoms with Gasteiger partial charge in [-0.25, -0.2) is 10.1 Å². The highest BCUT2D eigenvalue weighted by atomic mass is 16.7. The average molecular weight is 444 g/mol. The van der Waals surface area contributed by atoms with Crippen LogP contribution in [-0.4, -0.2) is 62.1 Å². The highest BCUT2D eigenvalue weighted by Gasteiger charge is 2.34. The van der Waals surface area contributed by atoms with E-state index in [9.17, 15) is 9.59 Å². The SMILES string of the molecule is CCN(OCCC(C)(C)C(=O)N(C)OC)C(=O)C(C)(C)CCC/C(=N\OC)C(C)(C)C. The van der Waals surface area contributed by atoms with Crippen LogP contribution in [-0.2, 0) is 24.1 Å². The average Bonchev–Trinajstić information content (AvgIpc) is 2.67. The summed E-state index contributed by atoms with van der Waals surface area (Å²) in [5.74, 6) is -0.199. The maximum Gasteiger partial charge on any atom is 0.251 e. The Morgan fingerprint density at radius 2 is 1.45 bits per heavy atom. The zero-order valence-corrected chi connectivity index (χ0v) is 21.6. The fourth-order valence-electron chi connectivity index (χ4n) is 3.13. The Morgan fingerprint density at radius 1 is 0.903 bits per heavy atom. The maximum absolute atomic E-state index is 13.1. The standard InChI is InChI=1S/C23H45N3O5/c1-12-26(31-17-16-23(7,8)19(27)25(9)30-11)20(28)22(5,6)15-13-14-18(24-29-10)21(2,3)4/h12-17H2,1-11H3/b24-18+. The molecule has 0 aliphatic carbocycles. The van der Waals surface area contributed by atoms with Gasteiger partial charge in [0.15, 0.2) is 0 Å². The summed E-state index contributed by atoms with van der Waals surface area (Å²) in [5.41, 5.74) is -0.334. The summed E-state index contributed by atoms with van der Waals surface area (Å²) in [7, 11) is 4.59. The minimum absolute atomic E-state index is 0.0610. The lowest BCUT2D eigenvalue weighted by Crippen LogP contribution is -2.42. The predicted molar refractivity (Wildman–Crippen MR) is 123 cm³/mol. The fourth-order valence-corrected chi connectivity index (χ4v) is 3.13. The van der Waals surface area contributed by atoms with Gasteiger partial charge in [-0.3, -0.25) is 19.3 Å². The molecule has 0 aromatic carbocycles. The number of carbonyl (C=O) groups excluding carboxylic acids is 2. The van der Waals surface area contributed by atoms with Gasteiger partial charge in [0.1, 0.15) is 7.11 Å². The molecule has 0 N–H and O–H groups in total. The number of hydrogen-bond donors (Lipinski definition) is 0. The summed E-state index contributed by atoms with van der Waals surface area (Å²) in [4.78, 5) is 41.2. The van der Waals surface area contributed by atoms with Crippen LogP contribution in [0.4, 0.5) is 0 Å². The molecule has 8 nitrogen and oxygen atoms in total. The molecule has 8 heteroatoms. The largest absolute Gasteiger partial charge is 0.399 e. The number of nitrogens with zero attached hydrogens (tertiary/aromatic N) is 3. The second kappa shape index (κ2) is 12.4. The molecule has 0 bridgehead atoms. The van der Waals surface area contributed by atoms with Crippen molar-refractivity contribution < 1.29 is 24.1 Å². The van der Waals surface area contributed by atoms with E-state index in [-0.39, 0.29) is 23.8 Å². The van der Waals surface area contributed by atoms with Gasteiger partial charge < -0.3 is 4.84 Å². The van der Waals surface area contributed by atoms with Crippen molar-refractivity contribution in [2.75, 3.05) is 34.4 Å². The molecule has 0 rings (SSSR count). The topological polar surface area (TPSA) is 80.7 Å². The Bertz CT molecular complexity index is 609. The molecule has 0 unspecified atom stereocenters. The Hall–Kier alpha value is -1.67. The third-order valence-corrected chi connectivity index (χ3v) is 5.49. The number of rotatable bonds is 13. The van der Waals surface area contributed by atoms with Crippen LogP contribution in [0.15, 0.2) is 5.16 Å². The lowest BCUT2D eigenvalue weighted by Gasteiger charge is -2.32. The van der Waals surface area contributed by atoms with Gasteiger partial charge in [-0.2, -0.15) is 0 Å². The van der Waals surface area contributed by atoms with Crippen molar-refractivity contribution in [3.8, 4) is 0 Å². The highest BCUT2D eigenvalue weighted by Crippen LogP contribution is 2.29. The van der Waals surface area contributed by atoms with E-state index in [0.717, 1.165) is 18.6 Å². The van der Waals surface area contributed by atoms with Gasteiger partial charge in [0.25, 0.3) is 11.8 Å². The summed E-state index contributed by atoms with van der Waals surface area (Å²) in [6, 6.07) is 0. The Balaban J connectivity index is 4.87. The first-order valence-corrected chi connectivity index (χ1v) is 11.0. The molecular weight excluding hydrogens is 398 g/mol.